The van der Waals surface area contributed by atoms with Crippen molar-refractivity contribution in [2.45, 2.75) is 45.1 Å². The lowest BCUT2D eigenvalue weighted by Gasteiger charge is -2.27. The number of benzene rings is 1. The number of aliphatic carboxylic acids is 1. The molecule has 0 aliphatic heterocycles. The van der Waals surface area contributed by atoms with Gasteiger partial charge in [0.2, 0.25) is 5.91 Å². The summed E-state index contributed by atoms with van der Waals surface area (Å²) in [6.45, 7) is 2.42. The van der Waals surface area contributed by atoms with Crippen molar-refractivity contribution in [3.63, 3.8) is 0 Å². The Labute approximate surface area is 148 Å². The lowest BCUT2D eigenvalue weighted by atomic mass is 9.91. The van der Waals surface area contributed by atoms with Crippen molar-refractivity contribution in [1.82, 2.24) is 10.2 Å². The molecular weight excluding hydrogens is 323 g/mol. The van der Waals surface area contributed by atoms with Crippen LogP contribution in [0.15, 0.2) is 24.3 Å². The van der Waals surface area contributed by atoms with Crippen LogP contribution in [0.3, 0.4) is 0 Å². The summed E-state index contributed by atoms with van der Waals surface area (Å²) in [5.41, 5.74) is 0.905. The Hall–Kier alpha value is -1.95. The lowest BCUT2D eigenvalue weighted by Crippen LogP contribution is -2.42. The molecule has 1 aromatic rings. The van der Waals surface area contributed by atoms with Crippen molar-refractivity contribution in [2.75, 3.05) is 19.6 Å². The highest BCUT2D eigenvalue weighted by molar-refractivity contribution is 5.79. The van der Waals surface area contributed by atoms with Gasteiger partial charge in [-0.05, 0) is 49.4 Å². The van der Waals surface area contributed by atoms with Crippen LogP contribution < -0.4 is 5.32 Å². The molecule has 2 rings (SSSR count). The van der Waals surface area contributed by atoms with Crippen LogP contribution in [-0.2, 0) is 9.59 Å². The standard InChI is InChI=1S/C19H27FN2O3/c1-2-11-22(13-18(24)25)12-17(23)21-19(14-5-3-4-6-14)15-7-9-16(20)10-8-15/h7-10,14,19H,2-6,11-13H2,1H3,(H,21,23)(H,24,25). The van der Waals surface area contributed by atoms with E-state index in [4.69, 9.17) is 5.11 Å². The van der Waals surface area contributed by atoms with E-state index in [0.29, 0.717) is 12.5 Å². The molecule has 1 fully saturated rings. The highest BCUT2D eigenvalue weighted by atomic mass is 19.1. The molecule has 6 heteroatoms. The Morgan fingerprint density at radius 3 is 2.44 bits per heavy atom. The highest BCUT2D eigenvalue weighted by Gasteiger charge is 2.28. The monoisotopic (exact) mass is 350 g/mol. The third kappa shape index (κ3) is 6.12. The number of halogens is 1. The maximum Gasteiger partial charge on any atom is 0.317 e. The molecule has 0 spiro atoms. The lowest BCUT2D eigenvalue weighted by molar-refractivity contribution is -0.138. The summed E-state index contributed by atoms with van der Waals surface area (Å²) in [6.07, 6.45) is 5.13. The highest BCUT2D eigenvalue weighted by Crippen LogP contribution is 2.35. The summed E-state index contributed by atoms with van der Waals surface area (Å²) in [5, 5.41) is 12.0. The second kappa shape index (κ2) is 9.51. The number of hydrogen-bond acceptors (Lipinski definition) is 3. The molecule has 1 aliphatic rings. The van der Waals surface area contributed by atoms with Crippen molar-refractivity contribution in [2.24, 2.45) is 5.92 Å². The Kier molecular flexibility index (Phi) is 7.37. The zero-order valence-electron chi connectivity index (χ0n) is 14.7. The predicted octanol–water partition coefficient (Wildman–Crippen LogP) is 2.97. The second-order valence-corrected chi connectivity index (χ2v) is 6.75. The average Bonchev–Trinajstić information content (AvgIpc) is 3.07. The summed E-state index contributed by atoms with van der Waals surface area (Å²) in [5.74, 6) is -1.08. The zero-order valence-corrected chi connectivity index (χ0v) is 14.7. The molecule has 1 atom stereocenters. The number of carbonyl (C=O) groups excluding carboxylic acids is 1. The maximum atomic E-state index is 13.2. The third-order valence-electron chi connectivity index (χ3n) is 4.68. The molecule has 138 valence electrons. The van der Waals surface area contributed by atoms with E-state index in [1.54, 1.807) is 17.0 Å². The van der Waals surface area contributed by atoms with E-state index in [1.807, 2.05) is 6.92 Å². The van der Waals surface area contributed by atoms with E-state index in [1.165, 1.54) is 12.1 Å². The van der Waals surface area contributed by atoms with Crippen LogP contribution in [0.1, 0.15) is 50.6 Å². The molecule has 0 saturated heterocycles. The van der Waals surface area contributed by atoms with Gasteiger partial charge in [-0.15, -0.1) is 0 Å². The van der Waals surface area contributed by atoms with Gasteiger partial charge in [-0.1, -0.05) is 31.9 Å². The van der Waals surface area contributed by atoms with Crippen molar-refractivity contribution < 1.29 is 19.1 Å². The summed E-state index contributed by atoms with van der Waals surface area (Å²) < 4.78 is 13.2. The zero-order chi connectivity index (χ0) is 18.2. The first-order chi connectivity index (χ1) is 12.0. The molecule has 1 unspecified atom stereocenters. The number of carboxylic acid groups (broad SMARTS) is 1. The fraction of sp³-hybridized carbons (Fsp3) is 0.579. The summed E-state index contributed by atoms with van der Waals surface area (Å²) in [7, 11) is 0. The molecule has 2 N–H and O–H groups in total. The molecule has 1 saturated carbocycles. The molecular formula is C19H27FN2O3. The summed E-state index contributed by atoms with van der Waals surface area (Å²) in [6, 6.07) is 6.12. The van der Waals surface area contributed by atoms with Crippen LogP contribution in [0.5, 0.6) is 0 Å². The number of carbonyl (C=O) groups is 2. The van der Waals surface area contributed by atoms with Gasteiger partial charge in [-0.2, -0.15) is 0 Å². The largest absolute Gasteiger partial charge is 0.480 e. The van der Waals surface area contributed by atoms with Crippen molar-refractivity contribution in [3.8, 4) is 0 Å². The fourth-order valence-electron chi connectivity index (χ4n) is 3.58. The van der Waals surface area contributed by atoms with Gasteiger partial charge in [0, 0.05) is 0 Å². The molecule has 0 bridgehead atoms. The smallest absolute Gasteiger partial charge is 0.317 e. The van der Waals surface area contributed by atoms with Gasteiger partial charge in [0.25, 0.3) is 0 Å². The Balaban J connectivity index is 2.05. The minimum Gasteiger partial charge on any atom is -0.480 e. The van der Waals surface area contributed by atoms with E-state index >= 15 is 0 Å². The molecule has 5 nitrogen and oxygen atoms in total. The van der Waals surface area contributed by atoms with Gasteiger partial charge in [0.1, 0.15) is 5.82 Å². The first kappa shape index (κ1) is 19.4. The number of nitrogens with one attached hydrogen (secondary N) is 1. The molecule has 0 heterocycles. The van der Waals surface area contributed by atoms with E-state index < -0.39 is 5.97 Å². The van der Waals surface area contributed by atoms with E-state index in [0.717, 1.165) is 37.7 Å². The Morgan fingerprint density at radius 1 is 1.24 bits per heavy atom. The Morgan fingerprint density at radius 2 is 1.88 bits per heavy atom. The number of carboxylic acids is 1. The SMILES string of the molecule is CCCN(CC(=O)O)CC(=O)NC(c1ccc(F)cc1)C1CCCC1. The number of nitrogens with zero attached hydrogens (tertiary/aromatic N) is 1. The minimum absolute atomic E-state index is 0.0601. The quantitative estimate of drug-likeness (QED) is 0.718. The molecule has 0 radical (unpaired) electrons. The fourth-order valence-corrected chi connectivity index (χ4v) is 3.58. The summed E-state index contributed by atoms with van der Waals surface area (Å²) >= 11 is 0. The topological polar surface area (TPSA) is 69.6 Å². The van der Waals surface area contributed by atoms with Gasteiger partial charge >= 0.3 is 5.97 Å². The van der Waals surface area contributed by atoms with Crippen molar-refractivity contribution >= 4 is 11.9 Å². The maximum absolute atomic E-state index is 13.2. The van der Waals surface area contributed by atoms with Crippen LogP contribution in [0.25, 0.3) is 0 Å². The first-order valence-corrected chi connectivity index (χ1v) is 8.98. The molecule has 0 aromatic heterocycles. The van der Waals surface area contributed by atoms with E-state index in [2.05, 4.69) is 5.32 Å². The third-order valence-corrected chi connectivity index (χ3v) is 4.68. The number of rotatable bonds is 9. The number of hydrogen-bond donors (Lipinski definition) is 2. The number of amides is 1. The van der Waals surface area contributed by atoms with Gasteiger partial charge in [-0.25, -0.2) is 4.39 Å². The van der Waals surface area contributed by atoms with Gasteiger partial charge in [-0.3, -0.25) is 14.5 Å². The minimum atomic E-state index is -0.938. The van der Waals surface area contributed by atoms with Crippen LogP contribution >= 0.6 is 0 Å². The predicted molar refractivity (Wildman–Crippen MR) is 93.6 cm³/mol. The molecule has 1 amide bonds. The average molecular weight is 350 g/mol. The molecule has 1 aromatic carbocycles. The van der Waals surface area contributed by atoms with Crippen molar-refractivity contribution in [3.05, 3.63) is 35.6 Å². The van der Waals surface area contributed by atoms with Crippen LogP contribution in [-0.4, -0.2) is 41.5 Å². The first-order valence-electron chi connectivity index (χ1n) is 8.98. The van der Waals surface area contributed by atoms with E-state index in [-0.39, 0.29) is 30.9 Å². The van der Waals surface area contributed by atoms with Crippen LogP contribution in [0.2, 0.25) is 0 Å². The van der Waals surface area contributed by atoms with Crippen LogP contribution in [0.4, 0.5) is 4.39 Å². The normalized spacial score (nSPS) is 16.1. The van der Waals surface area contributed by atoms with Crippen molar-refractivity contribution in [1.29, 1.82) is 0 Å². The van der Waals surface area contributed by atoms with E-state index in [9.17, 15) is 14.0 Å². The van der Waals surface area contributed by atoms with Gasteiger partial charge in [0.15, 0.2) is 0 Å². The van der Waals surface area contributed by atoms with Gasteiger partial charge in [0.05, 0.1) is 19.1 Å². The van der Waals surface area contributed by atoms with Crippen LogP contribution in [0, 0.1) is 11.7 Å². The second-order valence-electron chi connectivity index (χ2n) is 6.75. The molecule has 1 aliphatic carbocycles. The Bertz CT molecular complexity index is 571. The molecule has 25 heavy (non-hydrogen) atoms. The van der Waals surface area contributed by atoms with Gasteiger partial charge < -0.3 is 10.4 Å². The summed E-state index contributed by atoms with van der Waals surface area (Å²) in [4.78, 5) is 25.1.